The van der Waals surface area contributed by atoms with Crippen molar-refractivity contribution in [3.8, 4) is 11.1 Å². The van der Waals surface area contributed by atoms with Gasteiger partial charge in [0.15, 0.2) is 0 Å². The molecule has 0 aliphatic heterocycles. The number of hydrogen-bond donors (Lipinski definition) is 0. The SMILES string of the molecule is CCCN(C)C1CCc2c(cccc2-c2c(C)nn(C)c2C)C1. The van der Waals surface area contributed by atoms with E-state index in [2.05, 4.69) is 56.0 Å². The molecule has 0 amide bonds. The van der Waals surface area contributed by atoms with E-state index in [1.807, 2.05) is 11.7 Å². The van der Waals surface area contributed by atoms with Crippen LogP contribution in [0.3, 0.4) is 0 Å². The molecule has 0 spiro atoms. The number of aryl methyl sites for hydroxylation is 2. The number of hydrogen-bond acceptors (Lipinski definition) is 2. The second-order valence-corrected chi connectivity index (χ2v) is 6.99. The third-order valence-corrected chi connectivity index (χ3v) is 5.43. The van der Waals surface area contributed by atoms with Crippen LogP contribution in [0.4, 0.5) is 0 Å². The molecule has 0 saturated carbocycles. The van der Waals surface area contributed by atoms with Crippen molar-refractivity contribution in [1.29, 1.82) is 0 Å². The van der Waals surface area contributed by atoms with Gasteiger partial charge in [0.1, 0.15) is 0 Å². The molecule has 1 aliphatic rings. The summed E-state index contributed by atoms with van der Waals surface area (Å²) in [5.41, 5.74) is 8.23. The normalized spacial score (nSPS) is 17.6. The van der Waals surface area contributed by atoms with Crippen molar-refractivity contribution in [1.82, 2.24) is 14.7 Å². The summed E-state index contributed by atoms with van der Waals surface area (Å²) in [5.74, 6) is 0. The Bertz CT molecular complexity index is 699. The summed E-state index contributed by atoms with van der Waals surface area (Å²) >= 11 is 0. The highest BCUT2D eigenvalue weighted by molar-refractivity contribution is 5.73. The largest absolute Gasteiger partial charge is 0.303 e. The van der Waals surface area contributed by atoms with Crippen LogP contribution in [-0.4, -0.2) is 34.3 Å². The van der Waals surface area contributed by atoms with E-state index in [0.717, 1.165) is 5.69 Å². The van der Waals surface area contributed by atoms with E-state index in [1.165, 1.54) is 54.6 Å². The van der Waals surface area contributed by atoms with Gasteiger partial charge in [-0.05, 0) is 69.8 Å². The third kappa shape index (κ3) is 2.94. The fraction of sp³-hybridized carbons (Fsp3) is 0.550. The third-order valence-electron chi connectivity index (χ3n) is 5.43. The first-order valence-corrected chi connectivity index (χ1v) is 8.84. The average Bonchev–Trinajstić information content (AvgIpc) is 2.79. The van der Waals surface area contributed by atoms with E-state index >= 15 is 0 Å². The first kappa shape index (κ1) is 16.3. The number of benzene rings is 1. The smallest absolute Gasteiger partial charge is 0.0674 e. The van der Waals surface area contributed by atoms with Crippen molar-refractivity contribution in [2.24, 2.45) is 7.05 Å². The van der Waals surface area contributed by atoms with E-state index < -0.39 is 0 Å². The molecule has 2 aromatic rings. The molecule has 0 fully saturated rings. The van der Waals surface area contributed by atoms with E-state index in [0.29, 0.717) is 6.04 Å². The number of aromatic nitrogens is 2. The van der Waals surface area contributed by atoms with Crippen molar-refractivity contribution in [3.05, 3.63) is 40.7 Å². The van der Waals surface area contributed by atoms with Crippen molar-refractivity contribution >= 4 is 0 Å². The van der Waals surface area contributed by atoms with E-state index in [1.54, 1.807) is 5.56 Å². The van der Waals surface area contributed by atoms with E-state index in [-0.39, 0.29) is 0 Å². The van der Waals surface area contributed by atoms with Gasteiger partial charge in [0.2, 0.25) is 0 Å². The Morgan fingerprint density at radius 1 is 1.30 bits per heavy atom. The number of likely N-dealkylation sites (N-methyl/N-ethyl adjacent to an activating group) is 1. The van der Waals surface area contributed by atoms with Crippen LogP contribution < -0.4 is 0 Å². The Hall–Kier alpha value is -1.61. The Balaban J connectivity index is 1.97. The number of rotatable bonds is 4. The molecule has 1 aliphatic carbocycles. The van der Waals surface area contributed by atoms with Crippen LogP contribution in [0.15, 0.2) is 18.2 Å². The molecular formula is C20H29N3. The first-order valence-electron chi connectivity index (χ1n) is 8.84. The molecule has 1 aromatic carbocycles. The van der Waals surface area contributed by atoms with Crippen LogP contribution >= 0.6 is 0 Å². The lowest BCUT2D eigenvalue weighted by atomic mass is 9.82. The molecule has 1 aromatic heterocycles. The lowest BCUT2D eigenvalue weighted by Crippen LogP contribution is -2.37. The van der Waals surface area contributed by atoms with Gasteiger partial charge in [0.25, 0.3) is 0 Å². The molecule has 1 atom stereocenters. The predicted octanol–water partition coefficient (Wildman–Crippen LogP) is 3.90. The van der Waals surface area contributed by atoms with Crippen molar-refractivity contribution in [3.63, 3.8) is 0 Å². The summed E-state index contributed by atoms with van der Waals surface area (Å²) in [6.45, 7) is 7.76. The van der Waals surface area contributed by atoms with Crippen LogP contribution in [-0.2, 0) is 19.9 Å². The summed E-state index contributed by atoms with van der Waals surface area (Å²) in [6.07, 6.45) is 4.85. The summed E-state index contributed by atoms with van der Waals surface area (Å²) in [6, 6.07) is 7.52. The van der Waals surface area contributed by atoms with E-state index in [4.69, 9.17) is 0 Å². The predicted molar refractivity (Wildman–Crippen MR) is 96.9 cm³/mol. The standard InChI is InChI=1S/C20H29N3/c1-6-12-22(4)17-10-11-18-16(13-17)8-7-9-19(18)20-14(2)21-23(5)15(20)3/h7-9,17H,6,10-13H2,1-5H3. The van der Waals surface area contributed by atoms with Crippen LogP contribution in [0.2, 0.25) is 0 Å². The molecule has 3 nitrogen and oxygen atoms in total. The van der Waals surface area contributed by atoms with Crippen molar-refractivity contribution < 1.29 is 0 Å². The second-order valence-electron chi connectivity index (χ2n) is 6.99. The van der Waals surface area contributed by atoms with Gasteiger partial charge in [-0.15, -0.1) is 0 Å². The second kappa shape index (κ2) is 6.48. The van der Waals surface area contributed by atoms with Crippen LogP contribution in [0, 0.1) is 13.8 Å². The summed E-state index contributed by atoms with van der Waals surface area (Å²) in [7, 11) is 4.31. The molecule has 3 heteroatoms. The molecule has 1 unspecified atom stereocenters. The van der Waals surface area contributed by atoms with Crippen LogP contribution in [0.1, 0.15) is 42.3 Å². The maximum Gasteiger partial charge on any atom is 0.0674 e. The van der Waals surface area contributed by atoms with Gasteiger partial charge in [0, 0.05) is 24.3 Å². The van der Waals surface area contributed by atoms with Crippen LogP contribution in [0.5, 0.6) is 0 Å². The highest BCUT2D eigenvalue weighted by Crippen LogP contribution is 2.35. The minimum Gasteiger partial charge on any atom is -0.303 e. The maximum absolute atomic E-state index is 4.61. The van der Waals surface area contributed by atoms with Gasteiger partial charge in [-0.3, -0.25) is 4.68 Å². The molecule has 0 bridgehead atoms. The van der Waals surface area contributed by atoms with Gasteiger partial charge in [-0.25, -0.2) is 0 Å². The Labute approximate surface area is 140 Å². The van der Waals surface area contributed by atoms with Gasteiger partial charge < -0.3 is 4.90 Å². The van der Waals surface area contributed by atoms with Crippen LogP contribution in [0.25, 0.3) is 11.1 Å². The highest BCUT2D eigenvalue weighted by atomic mass is 15.3. The Kier molecular flexibility index (Phi) is 4.58. The highest BCUT2D eigenvalue weighted by Gasteiger charge is 2.25. The molecule has 0 radical (unpaired) electrons. The number of nitrogens with zero attached hydrogens (tertiary/aromatic N) is 3. The van der Waals surface area contributed by atoms with Crippen molar-refractivity contribution in [2.75, 3.05) is 13.6 Å². The minimum atomic E-state index is 0.689. The van der Waals surface area contributed by atoms with Crippen molar-refractivity contribution in [2.45, 2.75) is 52.5 Å². The zero-order chi connectivity index (χ0) is 16.6. The Morgan fingerprint density at radius 3 is 2.74 bits per heavy atom. The molecule has 124 valence electrons. The first-order chi connectivity index (χ1) is 11.0. The molecule has 1 heterocycles. The van der Waals surface area contributed by atoms with Gasteiger partial charge in [0.05, 0.1) is 5.69 Å². The fourth-order valence-electron chi connectivity index (χ4n) is 4.10. The van der Waals surface area contributed by atoms with Gasteiger partial charge >= 0.3 is 0 Å². The monoisotopic (exact) mass is 311 g/mol. The van der Waals surface area contributed by atoms with Gasteiger partial charge in [-0.1, -0.05) is 25.1 Å². The molecule has 0 saturated heterocycles. The molecule has 3 rings (SSSR count). The summed E-state index contributed by atoms with van der Waals surface area (Å²) < 4.78 is 2.00. The lowest BCUT2D eigenvalue weighted by Gasteiger charge is -2.33. The molecule has 0 N–H and O–H groups in total. The average molecular weight is 311 g/mol. The fourth-order valence-corrected chi connectivity index (χ4v) is 4.10. The molecular weight excluding hydrogens is 282 g/mol. The van der Waals surface area contributed by atoms with Gasteiger partial charge in [-0.2, -0.15) is 5.10 Å². The zero-order valence-corrected chi connectivity index (χ0v) is 15.2. The quantitative estimate of drug-likeness (QED) is 0.854. The zero-order valence-electron chi connectivity index (χ0n) is 15.2. The Morgan fingerprint density at radius 2 is 2.09 bits per heavy atom. The minimum absolute atomic E-state index is 0.689. The summed E-state index contributed by atoms with van der Waals surface area (Å²) in [5, 5.41) is 4.61. The molecule has 23 heavy (non-hydrogen) atoms. The lowest BCUT2D eigenvalue weighted by molar-refractivity contribution is 0.222. The topological polar surface area (TPSA) is 21.1 Å². The van der Waals surface area contributed by atoms with E-state index in [9.17, 15) is 0 Å². The number of fused-ring (bicyclic) bond motifs is 1. The summed E-state index contributed by atoms with van der Waals surface area (Å²) in [4.78, 5) is 2.54. The maximum atomic E-state index is 4.61.